The van der Waals surface area contributed by atoms with Crippen LogP contribution in [0.5, 0.6) is 0 Å². The van der Waals surface area contributed by atoms with Gasteiger partial charge in [0.15, 0.2) is 0 Å². The summed E-state index contributed by atoms with van der Waals surface area (Å²) in [6.07, 6.45) is 0. The van der Waals surface area contributed by atoms with Gasteiger partial charge in [0.05, 0.1) is 11.3 Å². The Hall–Kier alpha value is -1.58. The first-order valence-corrected chi connectivity index (χ1v) is 6.39. The van der Waals surface area contributed by atoms with Crippen molar-refractivity contribution >= 4 is 27.5 Å². The fourth-order valence-electron chi connectivity index (χ4n) is 2.08. The summed E-state index contributed by atoms with van der Waals surface area (Å²) in [7, 11) is 0. The molecule has 0 aliphatic carbocycles. The zero-order valence-electron chi connectivity index (χ0n) is 9.69. The summed E-state index contributed by atoms with van der Waals surface area (Å²) in [5, 5.41) is 12.3. The third kappa shape index (κ3) is 2.47. The van der Waals surface area contributed by atoms with Crippen LogP contribution in [0.15, 0.2) is 22.7 Å². The number of hydrogen-bond acceptors (Lipinski definition) is 4. The number of primary amides is 1. The highest BCUT2D eigenvalue weighted by Gasteiger charge is 2.28. The van der Waals surface area contributed by atoms with Gasteiger partial charge in [-0.1, -0.05) is 15.9 Å². The summed E-state index contributed by atoms with van der Waals surface area (Å²) in [4.78, 5) is 13.4. The van der Waals surface area contributed by atoms with Crippen molar-refractivity contribution in [3.8, 4) is 6.07 Å². The zero-order valence-corrected chi connectivity index (χ0v) is 11.3. The van der Waals surface area contributed by atoms with E-state index in [1.807, 2.05) is 17.0 Å². The number of carbonyl (C=O) groups is 1. The van der Waals surface area contributed by atoms with Crippen LogP contribution < -0.4 is 16.0 Å². The van der Waals surface area contributed by atoms with E-state index in [0.717, 1.165) is 16.7 Å². The molecule has 0 aromatic heterocycles. The van der Waals surface area contributed by atoms with Crippen LogP contribution in [-0.2, 0) is 4.79 Å². The number of nitrogens with two attached hydrogens (primary N) is 1. The summed E-state index contributed by atoms with van der Waals surface area (Å²) in [5.41, 5.74) is 6.70. The predicted octanol–water partition coefficient (Wildman–Crippen LogP) is 0.584. The minimum absolute atomic E-state index is 0.383. The summed E-state index contributed by atoms with van der Waals surface area (Å²) < 4.78 is 0.873. The number of halogens is 1. The van der Waals surface area contributed by atoms with Gasteiger partial charge in [-0.05, 0) is 18.2 Å². The molecule has 1 amide bonds. The second-order valence-electron chi connectivity index (χ2n) is 4.09. The number of hydrogen-bond donors (Lipinski definition) is 2. The normalized spacial score (nSPS) is 19.3. The van der Waals surface area contributed by atoms with Crippen molar-refractivity contribution in [1.82, 2.24) is 5.32 Å². The molecule has 1 aromatic carbocycles. The summed E-state index contributed by atoms with van der Waals surface area (Å²) >= 11 is 3.38. The average Bonchev–Trinajstić information content (AvgIpc) is 2.38. The van der Waals surface area contributed by atoms with E-state index in [9.17, 15) is 4.79 Å². The Bertz CT molecular complexity index is 511. The van der Waals surface area contributed by atoms with Gasteiger partial charge in [-0.15, -0.1) is 0 Å². The third-order valence-electron chi connectivity index (χ3n) is 2.96. The maximum Gasteiger partial charge on any atom is 0.241 e. The van der Waals surface area contributed by atoms with Gasteiger partial charge in [0.25, 0.3) is 0 Å². The molecule has 0 saturated carbocycles. The molecule has 1 aromatic rings. The van der Waals surface area contributed by atoms with E-state index in [-0.39, 0.29) is 5.91 Å². The van der Waals surface area contributed by atoms with Crippen molar-refractivity contribution in [1.29, 1.82) is 5.26 Å². The van der Waals surface area contributed by atoms with E-state index in [0.29, 0.717) is 18.7 Å². The predicted molar refractivity (Wildman–Crippen MR) is 72.1 cm³/mol. The number of piperazine rings is 1. The van der Waals surface area contributed by atoms with Crippen LogP contribution in [0, 0.1) is 11.3 Å². The molecular formula is C12H13BrN4O. The van der Waals surface area contributed by atoms with Gasteiger partial charge in [-0.2, -0.15) is 5.26 Å². The molecule has 2 rings (SSSR count). The molecule has 3 N–H and O–H groups in total. The molecule has 6 heteroatoms. The molecule has 0 radical (unpaired) electrons. The molecule has 18 heavy (non-hydrogen) atoms. The number of nitrogens with one attached hydrogen (secondary N) is 1. The Morgan fingerprint density at radius 1 is 1.61 bits per heavy atom. The topological polar surface area (TPSA) is 82.2 Å². The second kappa shape index (κ2) is 5.38. The van der Waals surface area contributed by atoms with Gasteiger partial charge in [0, 0.05) is 24.1 Å². The quantitative estimate of drug-likeness (QED) is 0.837. The molecule has 1 fully saturated rings. The first kappa shape index (κ1) is 12.9. The largest absolute Gasteiger partial charge is 0.368 e. The van der Waals surface area contributed by atoms with Crippen molar-refractivity contribution in [3.05, 3.63) is 28.2 Å². The van der Waals surface area contributed by atoms with Crippen LogP contribution in [0.3, 0.4) is 0 Å². The van der Waals surface area contributed by atoms with Gasteiger partial charge in [-0.25, -0.2) is 0 Å². The molecule has 94 valence electrons. The van der Waals surface area contributed by atoms with Gasteiger partial charge in [0.2, 0.25) is 5.91 Å². The molecule has 1 aliphatic rings. The average molecular weight is 309 g/mol. The molecule has 5 nitrogen and oxygen atoms in total. The van der Waals surface area contributed by atoms with Gasteiger partial charge < -0.3 is 16.0 Å². The monoisotopic (exact) mass is 308 g/mol. The van der Waals surface area contributed by atoms with Crippen molar-refractivity contribution in [2.45, 2.75) is 6.04 Å². The Morgan fingerprint density at radius 2 is 2.39 bits per heavy atom. The van der Waals surface area contributed by atoms with Crippen LogP contribution in [0.4, 0.5) is 5.69 Å². The molecule has 1 saturated heterocycles. The second-order valence-corrected chi connectivity index (χ2v) is 5.00. The zero-order chi connectivity index (χ0) is 13.1. The van der Waals surface area contributed by atoms with Crippen molar-refractivity contribution in [3.63, 3.8) is 0 Å². The van der Waals surface area contributed by atoms with E-state index in [4.69, 9.17) is 11.0 Å². The summed E-state index contributed by atoms with van der Waals surface area (Å²) in [6, 6.07) is 7.12. The third-order valence-corrected chi connectivity index (χ3v) is 3.45. The lowest BCUT2D eigenvalue weighted by molar-refractivity contribution is -0.119. The van der Waals surface area contributed by atoms with E-state index < -0.39 is 6.04 Å². The van der Waals surface area contributed by atoms with E-state index >= 15 is 0 Å². The lowest BCUT2D eigenvalue weighted by atomic mass is 10.1. The number of rotatable bonds is 2. The first-order valence-electron chi connectivity index (χ1n) is 5.60. The SMILES string of the molecule is N#Cc1ccc(Br)cc1N1CCNCC1C(N)=O. The van der Waals surface area contributed by atoms with Gasteiger partial charge in [0.1, 0.15) is 12.1 Å². The highest BCUT2D eigenvalue weighted by atomic mass is 79.9. The smallest absolute Gasteiger partial charge is 0.241 e. The number of nitriles is 1. The van der Waals surface area contributed by atoms with Crippen molar-refractivity contribution in [2.75, 3.05) is 24.5 Å². The van der Waals surface area contributed by atoms with Crippen molar-refractivity contribution in [2.24, 2.45) is 5.73 Å². The highest BCUT2D eigenvalue weighted by molar-refractivity contribution is 9.10. The Balaban J connectivity index is 2.42. The molecule has 0 spiro atoms. The van der Waals surface area contributed by atoms with Crippen LogP contribution in [0.25, 0.3) is 0 Å². The molecule has 1 aliphatic heterocycles. The van der Waals surface area contributed by atoms with Crippen LogP contribution >= 0.6 is 15.9 Å². The van der Waals surface area contributed by atoms with Crippen molar-refractivity contribution < 1.29 is 4.79 Å². The lowest BCUT2D eigenvalue weighted by Gasteiger charge is -2.36. The van der Waals surface area contributed by atoms with Gasteiger partial charge in [-0.3, -0.25) is 4.79 Å². The van der Waals surface area contributed by atoms with Gasteiger partial charge >= 0.3 is 0 Å². The number of carbonyl (C=O) groups excluding carboxylic acids is 1. The molecule has 1 unspecified atom stereocenters. The molecule has 1 heterocycles. The Kier molecular flexibility index (Phi) is 3.84. The van der Waals surface area contributed by atoms with E-state index in [1.165, 1.54) is 0 Å². The fourth-order valence-corrected chi connectivity index (χ4v) is 2.43. The standard InChI is InChI=1S/C12H13BrN4O/c13-9-2-1-8(6-14)10(5-9)17-4-3-16-7-11(17)12(15)18/h1-2,5,11,16H,3-4,7H2,(H2,15,18). The summed E-state index contributed by atoms with van der Waals surface area (Å²) in [5.74, 6) is -0.383. The first-order chi connectivity index (χ1) is 8.63. The maximum absolute atomic E-state index is 11.5. The minimum atomic E-state index is -0.417. The van der Waals surface area contributed by atoms with Crippen LogP contribution in [0.2, 0.25) is 0 Å². The number of anilines is 1. The maximum atomic E-state index is 11.5. The Morgan fingerprint density at radius 3 is 3.06 bits per heavy atom. The van der Waals surface area contributed by atoms with E-state index in [1.54, 1.807) is 6.07 Å². The number of benzene rings is 1. The Labute approximate surface area is 114 Å². The minimum Gasteiger partial charge on any atom is -0.368 e. The van der Waals surface area contributed by atoms with E-state index in [2.05, 4.69) is 27.3 Å². The number of nitrogens with zero attached hydrogens (tertiary/aromatic N) is 2. The molecular weight excluding hydrogens is 296 g/mol. The fraction of sp³-hybridized carbons (Fsp3) is 0.333. The van der Waals surface area contributed by atoms with Crippen LogP contribution in [0.1, 0.15) is 5.56 Å². The number of amides is 1. The van der Waals surface area contributed by atoms with Crippen LogP contribution in [-0.4, -0.2) is 31.6 Å². The summed E-state index contributed by atoms with van der Waals surface area (Å²) in [6.45, 7) is 1.92. The molecule has 0 bridgehead atoms. The lowest BCUT2D eigenvalue weighted by Crippen LogP contribution is -2.57. The highest BCUT2D eigenvalue weighted by Crippen LogP contribution is 2.26. The molecule has 1 atom stereocenters.